The van der Waals surface area contributed by atoms with Crippen LogP contribution in [0.2, 0.25) is 0 Å². The van der Waals surface area contributed by atoms with E-state index in [4.69, 9.17) is 15.2 Å². The fourth-order valence-corrected chi connectivity index (χ4v) is 5.08. The molecule has 0 bridgehead atoms. The lowest BCUT2D eigenvalue weighted by molar-refractivity contribution is 0.169. The van der Waals surface area contributed by atoms with Crippen LogP contribution < -0.4 is 15.2 Å². The highest BCUT2D eigenvalue weighted by molar-refractivity contribution is 5.60. The SMILES string of the molecule is CC(C)(C)[C@@H]1CC=C2C(C#N)=C(N)C(C#N)(C#N)[C@H](c3ccc4c(c3)OCO4)[C@@H]2C1. The molecule has 152 valence electrons. The summed E-state index contributed by atoms with van der Waals surface area (Å²) < 4.78 is 11.0. The van der Waals surface area contributed by atoms with E-state index in [-0.39, 0.29) is 29.4 Å². The zero-order chi connectivity index (χ0) is 21.7. The second-order valence-electron chi connectivity index (χ2n) is 9.32. The summed E-state index contributed by atoms with van der Waals surface area (Å²) in [5.74, 6) is 0.930. The molecule has 1 aromatic rings. The van der Waals surface area contributed by atoms with E-state index in [1.54, 1.807) is 0 Å². The van der Waals surface area contributed by atoms with Crippen LogP contribution in [0.25, 0.3) is 0 Å². The van der Waals surface area contributed by atoms with Gasteiger partial charge in [0.25, 0.3) is 0 Å². The highest BCUT2D eigenvalue weighted by Gasteiger charge is 2.55. The summed E-state index contributed by atoms with van der Waals surface area (Å²) in [4.78, 5) is 0. The summed E-state index contributed by atoms with van der Waals surface area (Å²) in [6.07, 6.45) is 3.71. The summed E-state index contributed by atoms with van der Waals surface area (Å²) in [6.45, 7) is 6.75. The Morgan fingerprint density at radius 3 is 2.43 bits per heavy atom. The van der Waals surface area contributed by atoms with Crippen LogP contribution in [0.4, 0.5) is 0 Å². The molecule has 0 radical (unpaired) electrons. The molecule has 1 heterocycles. The predicted molar refractivity (Wildman–Crippen MR) is 110 cm³/mol. The lowest BCUT2D eigenvalue weighted by atomic mass is 9.54. The predicted octanol–water partition coefficient (Wildman–Crippen LogP) is 4.28. The van der Waals surface area contributed by atoms with Crippen LogP contribution in [0.1, 0.15) is 45.1 Å². The minimum absolute atomic E-state index is 0.0503. The van der Waals surface area contributed by atoms with Crippen LogP contribution in [0.3, 0.4) is 0 Å². The number of nitrogens with zero attached hydrogens (tertiary/aromatic N) is 3. The molecule has 0 amide bonds. The number of allylic oxidation sites excluding steroid dienone is 4. The van der Waals surface area contributed by atoms with Crippen molar-refractivity contribution in [2.45, 2.75) is 39.5 Å². The van der Waals surface area contributed by atoms with Crippen molar-refractivity contribution in [3.05, 3.63) is 46.7 Å². The molecule has 0 saturated heterocycles. The Bertz CT molecular complexity index is 1070. The molecule has 3 atom stereocenters. The smallest absolute Gasteiger partial charge is 0.231 e. The molecule has 0 saturated carbocycles. The van der Waals surface area contributed by atoms with E-state index in [1.807, 2.05) is 18.2 Å². The molecule has 0 fully saturated rings. The second-order valence-corrected chi connectivity index (χ2v) is 9.32. The molecule has 6 nitrogen and oxygen atoms in total. The zero-order valence-electron chi connectivity index (χ0n) is 17.4. The number of nitriles is 3. The van der Waals surface area contributed by atoms with Crippen molar-refractivity contribution in [2.75, 3.05) is 6.79 Å². The maximum atomic E-state index is 10.2. The number of nitrogens with two attached hydrogens (primary N) is 1. The third kappa shape index (κ3) is 2.74. The Morgan fingerprint density at radius 1 is 1.10 bits per heavy atom. The van der Waals surface area contributed by atoms with Crippen LogP contribution in [0.5, 0.6) is 11.5 Å². The topological polar surface area (TPSA) is 116 Å². The molecule has 4 rings (SSSR count). The Labute approximate surface area is 176 Å². The summed E-state index contributed by atoms with van der Waals surface area (Å²) in [5.41, 5.74) is 6.80. The Morgan fingerprint density at radius 2 is 1.80 bits per heavy atom. The lowest BCUT2D eigenvalue weighted by Gasteiger charge is -2.47. The molecule has 6 heteroatoms. The summed E-state index contributed by atoms with van der Waals surface area (Å²) in [5, 5.41) is 30.2. The van der Waals surface area contributed by atoms with Gasteiger partial charge in [0.1, 0.15) is 6.07 Å². The highest BCUT2D eigenvalue weighted by atomic mass is 16.7. The van der Waals surface area contributed by atoms with Gasteiger partial charge in [0.05, 0.1) is 23.4 Å². The lowest BCUT2D eigenvalue weighted by Crippen LogP contribution is -2.44. The van der Waals surface area contributed by atoms with Crippen LogP contribution in [-0.4, -0.2) is 6.79 Å². The van der Waals surface area contributed by atoms with Crippen molar-refractivity contribution >= 4 is 0 Å². The molecule has 0 unspecified atom stereocenters. The summed E-state index contributed by atoms with van der Waals surface area (Å²) in [7, 11) is 0. The van der Waals surface area contributed by atoms with Gasteiger partial charge in [-0.15, -0.1) is 0 Å². The number of hydrogen-bond acceptors (Lipinski definition) is 6. The van der Waals surface area contributed by atoms with Crippen molar-refractivity contribution in [3.63, 3.8) is 0 Å². The minimum atomic E-state index is -1.62. The van der Waals surface area contributed by atoms with Gasteiger partial charge < -0.3 is 15.2 Å². The van der Waals surface area contributed by atoms with E-state index in [2.05, 4.69) is 45.1 Å². The average molecular weight is 400 g/mol. The van der Waals surface area contributed by atoms with E-state index >= 15 is 0 Å². The Balaban J connectivity index is 1.95. The fraction of sp³-hybridized carbons (Fsp3) is 0.458. The first-order chi connectivity index (χ1) is 14.3. The van der Waals surface area contributed by atoms with Crippen LogP contribution >= 0.6 is 0 Å². The van der Waals surface area contributed by atoms with E-state index in [0.717, 1.165) is 24.0 Å². The fourth-order valence-electron chi connectivity index (χ4n) is 5.08. The molecule has 2 aliphatic carbocycles. The van der Waals surface area contributed by atoms with Crippen molar-refractivity contribution in [3.8, 4) is 29.7 Å². The molecule has 0 aromatic heterocycles. The maximum absolute atomic E-state index is 10.2. The van der Waals surface area contributed by atoms with Crippen molar-refractivity contribution in [1.29, 1.82) is 15.8 Å². The molecule has 0 spiro atoms. The van der Waals surface area contributed by atoms with E-state index in [0.29, 0.717) is 17.4 Å². The Kier molecular flexibility index (Phi) is 4.52. The Hall–Kier alpha value is -3.43. The van der Waals surface area contributed by atoms with Gasteiger partial charge >= 0.3 is 0 Å². The summed E-state index contributed by atoms with van der Waals surface area (Å²) >= 11 is 0. The molecule has 1 aromatic carbocycles. The second kappa shape index (κ2) is 6.82. The van der Waals surface area contributed by atoms with Gasteiger partial charge in [-0.05, 0) is 53.4 Å². The van der Waals surface area contributed by atoms with Gasteiger partial charge in [-0.2, -0.15) is 15.8 Å². The first-order valence-corrected chi connectivity index (χ1v) is 10.1. The number of benzene rings is 1. The first-order valence-electron chi connectivity index (χ1n) is 10.1. The molecule has 2 N–H and O–H groups in total. The van der Waals surface area contributed by atoms with Crippen molar-refractivity contribution in [1.82, 2.24) is 0 Å². The standard InChI is InChI=1S/C24H24N4O2/c1-23(2,3)15-5-6-16-17(9-15)21(14-4-7-19-20(8-14)30-13-29-19)24(11-26,12-27)22(28)18(16)10-25/h4,6-8,15,17,21H,5,9,13,28H2,1-3H3/t15-,17-,21-/m1/s1. The zero-order valence-corrected chi connectivity index (χ0v) is 17.4. The van der Waals surface area contributed by atoms with Gasteiger partial charge in [0.15, 0.2) is 16.9 Å². The van der Waals surface area contributed by atoms with Gasteiger partial charge in [0.2, 0.25) is 6.79 Å². The maximum Gasteiger partial charge on any atom is 0.231 e. The number of rotatable bonds is 1. The molecular weight excluding hydrogens is 376 g/mol. The van der Waals surface area contributed by atoms with Gasteiger partial charge in [-0.3, -0.25) is 0 Å². The molecule has 1 aliphatic heterocycles. The normalized spacial score (nSPS) is 26.7. The average Bonchev–Trinajstić information content (AvgIpc) is 3.20. The molecule has 30 heavy (non-hydrogen) atoms. The van der Waals surface area contributed by atoms with Crippen LogP contribution in [-0.2, 0) is 0 Å². The highest BCUT2D eigenvalue weighted by Crippen LogP contribution is 2.58. The molecule has 3 aliphatic rings. The van der Waals surface area contributed by atoms with Gasteiger partial charge in [-0.25, -0.2) is 0 Å². The molecular formula is C24H24N4O2. The van der Waals surface area contributed by atoms with Gasteiger partial charge in [0, 0.05) is 5.92 Å². The van der Waals surface area contributed by atoms with E-state index in [1.165, 1.54) is 0 Å². The van der Waals surface area contributed by atoms with Crippen LogP contribution in [0, 0.1) is 56.7 Å². The summed E-state index contributed by atoms with van der Waals surface area (Å²) in [6, 6.07) is 12.1. The first kappa shape index (κ1) is 19.9. The quantitative estimate of drug-likeness (QED) is 0.752. The van der Waals surface area contributed by atoms with Gasteiger partial charge in [-0.1, -0.05) is 32.9 Å². The third-order valence-electron chi connectivity index (χ3n) is 6.86. The largest absolute Gasteiger partial charge is 0.454 e. The number of hydrogen-bond donors (Lipinski definition) is 1. The van der Waals surface area contributed by atoms with Crippen LogP contribution in [0.15, 0.2) is 41.1 Å². The number of ether oxygens (including phenoxy) is 2. The third-order valence-corrected chi connectivity index (χ3v) is 6.86. The number of fused-ring (bicyclic) bond motifs is 2. The van der Waals surface area contributed by atoms with Crippen molar-refractivity contribution in [2.24, 2.45) is 28.4 Å². The monoisotopic (exact) mass is 400 g/mol. The van der Waals surface area contributed by atoms with E-state index in [9.17, 15) is 15.8 Å². The minimum Gasteiger partial charge on any atom is -0.454 e. The van der Waals surface area contributed by atoms with Crippen molar-refractivity contribution < 1.29 is 9.47 Å². The van der Waals surface area contributed by atoms with E-state index < -0.39 is 11.3 Å².